The zero-order valence-electron chi connectivity index (χ0n) is 11.2. The highest BCUT2D eigenvalue weighted by Gasteiger charge is 2.16. The first-order valence-electron chi connectivity index (χ1n) is 6.34. The molecule has 5 heteroatoms. The summed E-state index contributed by atoms with van der Waals surface area (Å²) in [5, 5.41) is 0. The van der Waals surface area contributed by atoms with Crippen molar-refractivity contribution in [2.45, 2.75) is 25.4 Å². The average Bonchev–Trinajstić information content (AvgIpc) is 2.41. The van der Waals surface area contributed by atoms with Crippen LogP contribution in [0.2, 0.25) is 0 Å². The molecule has 0 aromatic heterocycles. The van der Waals surface area contributed by atoms with Gasteiger partial charge in [-0.05, 0) is 43.6 Å². The number of likely N-dealkylation sites (tertiary alicyclic amines) is 1. The Hall–Kier alpha value is -1.10. The summed E-state index contributed by atoms with van der Waals surface area (Å²) in [5.41, 5.74) is 7.70. The molecule has 1 aliphatic rings. The predicted octanol–water partition coefficient (Wildman–Crippen LogP) is 1.82. The highest BCUT2D eigenvalue weighted by Crippen LogP contribution is 2.13. The van der Waals surface area contributed by atoms with Crippen LogP contribution in [0.5, 0.6) is 0 Å². The molecule has 19 heavy (non-hydrogen) atoms. The first kappa shape index (κ1) is 16.0. The van der Waals surface area contributed by atoms with Crippen LogP contribution in [0.25, 0.3) is 0 Å². The number of methoxy groups -OCH3 is 1. The molecule has 0 unspecified atom stereocenters. The molecule has 0 atom stereocenters. The number of carbonyl (C=O) groups excluding carboxylic acids is 1. The van der Waals surface area contributed by atoms with Crippen LogP contribution in [0.15, 0.2) is 24.3 Å². The van der Waals surface area contributed by atoms with Crippen molar-refractivity contribution in [1.82, 2.24) is 4.90 Å². The van der Waals surface area contributed by atoms with Crippen molar-refractivity contribution in [1.29, 1.82) is 0 Å². The quantitative estimate of drug-likeness (QED) is 0.860. The first-order valence-corrected chi connectivity index (χ1v) is 6.34. The number of piperidine rings is 1. The van der Waals surface area contributed by atoms with Gasteiger partial charge in [0.1, 0.15) is 0 Å². The first-order chi connectivity index (χ1) is 8.69. The van der Waals surface area contributed by atoms with Gasteiger partial charge in [0.05, 0.1) is 12.7 Å². The van der Waals surface area contributed by atoms with Crippen LogP contribution in [0.3, 0.4) is 0 Å². The zero-order chi connectivity index (χ0) is 13.0. The summed E-state index contributed by atoms with van der Waals surface area (Å²) < 4.78 is 4.67. The molecule has 2 N–H and O–H groups in total. The number of benzene rings is 1. The van der Waals surface area contributed by atoms with E-state index in [9.17, 15) is 4.79 Å². The Morgan fingerprint density at radius 3 is 2.42 bits per heavy atom. The van der Waals surface area contributed by atoms with Crippen LogP contribution in [-0.2, 0) is 11.3 Å². The third-order valence-corrected chi connectivity index (χ3v) is 3.41. The second-order valence-corrected chi connectivity index (χ2v) is 4.80. The van der Waals surface area contributed by atoms with Crippen LogP contribution in [0.1, 0.15) is 28.8 Å². The van der Waals surface area contributed by atoms with Crippen LogP contribution in [-0.4, -0.2) is 37.1 Å². The minimum absolute atomic E-state index is 0. The lowest BCUT2D eigenvalue weighted by Crippen LogP contribution is -2.39. The second kappa shape index (κ2) is 7.48. The van der Waals surface area contributed by atoms with E-state index in [1.165, 1.54) is 12.7 Å². The van der Waals surface area contributed by atoms with Crippen molar-refractivity contribution in [3.05, 3.63) is 35.4 Å². The normalized spacial score (nSPS) is 16.7. The van der Waals surface area contributed by atoms with Gasteiger partial charge in [-0.3, -0.25) is 4.90 Å². The van der Waals surface area contributed by atoms with E-state index in [0.29, 0.717) is 11.6 Å². The molecule has 4 nitrogen and oxygen atoms in total. The summed E-state index contributed by atoms with van der Waals surface area (Å²) in [7, 11) is 1.40. The van der Waals surface area contributed by atoms with Crippen LogP contribution in [0.4, 0.5) is 0 Å². The summed E-state index contributed by atoms with van der Waals surface area (Å²) >= 11 is 0. The summed E-state index contributed by atoms with van der Waals surface area (Å²) in [6.07, 6.45) is 2.14. The molecule has 0 bridgehead atoms. The smallest absolute Gasteiger partial charge is 0.337 e. The van der Waals surface area contributed by atoms with Crippen LogP contribution < -0.4 is 5.73 Å². The Kier molecular flexibility index (Phi) is 6.28. The molecular weight excluding hydrogens is 264 g/mol. The number of nitrogens with two attached hydrogens (primary N) is 1. The SMILES string of the molecule is COC(=O)c1ccc(CN2CCC(N)CC2)cc1.Cl. The summed E-state index contributed by atoms with van der Waals surface area (Å²) in [6.45, 7) is 3.04. The van der Waals surface area contributed by atoms with Gasteiger partial charge in [-0.25, -0.2) is 4.79 Å². The lowest BCUT2D eigenvalue weighted by molar-refractivity contribution is 0.0600. The van der Waals surface area contributed by atoms with Crippen molar-refractivity contribution in [3.8, 4) is 0 Å². The van der Waals surface area contributed by atoms with Crippen LogP contribution in [0, 0.1) is 0 Å². The van der Waals surface area contributed by atoms with E-state index in [4.69, 9.17) is 5.73 Å². The van der Waals surface area contributed by atoms with Crippen molar-refractivity contribution < 1.29 is 9.53 Å². The highest BCUT2D eigenvalue weighted by molar-refractivity contribution is 5.89. The zero-order valence-corrected chi connectivity index (χ0v) is 12.0. The van der Waals surface area contributed by atoms with E-state index < -0.39 is 0 Å². The van der Waals surface area contributed by atoms with E-state index in [1.54, 1.807) is 0 Å². The van der Waals surface area contributed by atoms with E-state index in [-0.39, 0.29) is 18.4 Å². The molecule has 1 fully saturated rings. The van der Waals surface area contributed by atoms with Gasteiger partial charge in [0.25, 0.3) is 0 Å². The van der Waals surface area contributed by atoms with Gasteiger partial charge in [-0.1, -0.05) is 12.1 Å². The Labute approximate surface area is 120 Å². The van der Waals surface area contributed by atoms with Gasteiger partial charge in [-0.15, -0.1) is 12.4 Å². The number of carbonyl (C=O) groups is 1. The lowest BCUT2D eigenvalue weighted by atomic mass is 10.0. The fourth-order valence-electron chi connectivity index (χ4n) is 2.23. The van der Waals surface area contributed by atoms with Gasteiger partial charge in [0, 0.05) is 12.6 Å². The fourth-order valence-corrected chi connectivity index (χ4v) is 2.23. The van der Waals surface area contributed by atoms with Gasteiger partial charge >= 0.3 is 5.97 Å². The molecule has 1 saturated heterocycles. The standard InChI is InChI=1S/C14H20N2O2.ClH/c1-18-14(17)12-4-2-11(3-5-12)10-16-8-6-13(15)7-9-16;/h2-5,13H,6-10,15H2,1H3;1H. The molecule has 1 heterocycles. The third-order valence-electron chi connectivity index (χ3n) is 3.41. The molecule has 0 radical (unpaired) electrons. The highest BCUT2D eigenvalue weighted by atomic mass is 35.5. The monoisotopic (exact) mass is 284 g/mol. The average molecular weight is 285 g/mol. The molecule has 2 rings (SSSR count). The molecule has 106 valence electrons. The van der Waals surface area contributed by atoms with Crippen LogP contribution >= 0.6 is 12.4 Å². The largest absolute Gasteiger partial charge is 0.465 e. The van der Waals surface area contributed by atoms with Gasteiger partial charge in [0.2, 0.25) is 0 Å². The molecule has 0 saturated carbocycles. The van der Waals surface area contributed by atoms with E-state index >= 15 is 0 Å². The number of hydrogen-bond acceptors (Lipinski definition) is 4. The third kappa shape index (κ3) is 4.49. The maximum absolute atomic E-state index is 11.3. The summed E-state index contributed by atoms with van der Waals surface area (Å²) in [5.74, 6) is -0.287. The van der Waals surface area contributed by atoms with E-state index in [0.717, 1.165) is 32.5 Å². The van der Waals surface area contributed by atoms with Gasteiger partial charge in [-0.2, -0.15) is 0 Å². The van der Waals surface area contributed by atoms with Crippen molar-refractivity contribution in [3.63, 3.8) is 0 Å². The van der Waals surface area contributed by atoms with Crippen molar-refractivity contribution in [2.24, 2.45) is 5.73 Å². The van der Waals surface area contributed by atoms with E-state index in [1.807, 2.05) is 24.3 Å². The summed E-state index contributed by atoms with van der Waals surface area (Å²) in [6, 6.07) is 7.97. The number of esters is 1. The number of ether oxygens (including phenoxy) is 1. The van der Waals surface area contributed by atoms with E-state index in [2.05, 4.69) is 9.64 Å². The Balaban J connectivity index is 0.00000180. The maximum atomic E-state index is 11.3. The van der Waals surface area contributed by atoms with Gasteiger partial charge < -0.3 is 10.5 Å². The second-order valence-electron chi connectivity index (χ2n) is 4.80. The molecule has 1 aromatic carbocycles. The topological polar surface area (TPSA) is 55.6 Å². The molecule has 0 spiro atoms. The Morgan fingerprint density at radius 1 is 1.32 bits per heavy atom. The molecule has 1 aromatic rings. The number of halogens is 1. The van der Waals surface area contributed by atoms with Crippen molar-refractivity contribution in [2.75, 3.05) is 20.2 Å². The fraction of sp³-hybridized carbons (Fsp3) is 0.500. The molecule has 0 amide bonds. The number of nitrogens with zero attached hydrogens (tertiary/aromatic N) is 1. The Morgan fingerprint density at radius 2 is 1.89 bits per heavy atom. The number of rotatable bonds is 3. The Bertz CT molecular complexity index is 400. The van der Waals surface area contributed by atoms with Crippen molar-refractivity contribution >= 4 is 18.4 Å². The lowest BCUT2D eigenvalue weighted by Gasteiger charge is -2.30. The predicted molar refractivity (Wildman–Crippen MR) is 77.5 cm³/mol. The minimum Gasteiger partial charge on any atom is -0.465 e. The molecule has 1 aliphatic heterocycles. The summed E-state index contributed by atoms with van der Waals surface area (Å²) in [4.78, 5) is 13.7. The molecular formula is C14H21ClN2O2. The number of hydrogen-bond donors (Lipinski definition) is 1. The maximum Gasteiger partial charge on any atom is 0.337 e. The minimum atomic E-state index is -0.287. The van der Waals surface area contributed by atoms with Gasteiger partial charge in [0.15, 0.2) is 0 Å². The molecule has 0 aliphatic carbocycles.